The van der Waals surface area contributed by atoms with Crippen LogP contribution in [0, 0.1) is 11.6 Å². The number of hydrogen-bond donors (Lipinski definition) is 1. The highest BCUT2D eigenvalue weighted by Crippen LogP contribution is 2.22. The number of halogens is 2. The van der Waals surface area contributed by atoms with Gasteiger partial charge < -0.3 is 5.73 Å². The van der Waals surface area contributed by atoms with Gasteiger partial charge in [-0.15, -0.1) is 0 Å². The van der Waals surface area contributed by atoms with Crippen molar-refractivity contribution in [2.45, 2.75) is 12.5 Å². The lowest BCUT2D eigenvalue weighted by molar-refractivity contribution is 0.576. The molecule has 0 aliphatic carbocycles. The third-order valence-electron chi connectivity index (χ3n) is 3.58. The zero-order chi connectivity index (χ0) is 14.8. The molecule has 3 aromatic rings. The van der Waals surface area contributed by atoms with E-state index in [9.17, 15) is 8.78 Å². The van der Waals surface area contributed by atoms with Crippen LogP contribution < -0.4 is 5.73 Å². The summed E-state index contributed by atoms with van der Waals surface area (Å²) in [6.45, 7) is 0. The maximum Gasteiger partial charge on any atom is 0.126 e. The van der Waals surface area contributed by atoms with Gasteiger partial charge in [0.25, 0.3) is 0 Å². The second-order valence-electron chi connectivity index (χ2n) is 5.19. The molecule has 0 aromatic heterocycles. The summed E-state index contributed by atoms with van der Waals surface area (Å²) < 4.78 is 26.4. The molecule has 0 amide bonds. The number of benzene rings is 3. The van der Waals surface area contributed by atoms with E-state index in [4.69, 9.17) is 5.73 Å². The predicted molar refractivity (Wildman–Crippen MR) is 80.9 cm³/mol. The van der Waals surface area contributed by atoms with Gasteiger partial charge in [0, 0.05) is 12.1 Å². The standard InChI is InChI=1S/C18H15F2N/c19-16-7-12(8-17(20)11-16)9-18(21)15-6-5-13-3-1-2-4-14(13)10-15/h1-8,10-11,18H,9,21H2. The highest BCUT2D eigenvalue weighted by atomic mass is 19.1. The minimum Gasteiger partial charge on any atom is -0.324 e. The van der Waals surface area contributed by atoms with Gasteiger partial charge in [-0.25, -0.2) is 8.78 Å². The van der Waals surface area contributed by atoms with E-state index in [0.29, 0.717) is 12.0 Å². The van der Waals surface area contributed by atoms with Crippen LogP contribution in [0.25, 0.3) is 10.8 Å². The molecule has 0 bridgehead atoms. The van der Waals surface area contributed by atoms with Gasteiger partial charge in [-0.3, -0.25) is 0 Å². The Morgan fingerprint density at radius 3 is 2.19 bits per heavy atom. The molecule has 3 heteroatoms. The molecule has 106 valence electrons. The topological polar surface area (TPSA) is 26.0 Å². The maximum absolute atomic E-state index is 13.2. The molecule has 1 atom stereocenters. The largest absolute Gasteiger partial charge is 0.324 e. The number of hydrogen-bond acceptors (Lipinski definition) is 1. The highest BCUT2D eigenvalue weighted by molar-refractivity contribution is 5.83. The fraction of sp³-hybridized carbons (Fsp3) is 0.111. The molecule has 1 unspecified atom stereocenters. The Labute approximate surface area is 122 Å². The van der Waals surface area contributed by atoms with Gasteiger partial charge in [0.05, 0.1) is 0 Å². The molecular formula is C18H15F2N. The number of nitrogens with two attached hydrogens (primary N) is 1. The first-order valence-electron chi connectivity index (χ1n) is 6.81. The summed E-state index contributed by atoms with van der Waals surface area (Å²) in [6, 6.07) is 17.2. The molecule has 0 saturated heterocycles. The van der Waals surface area contributed by atoms with Crippen LogP contribution >= 0.6 is 0 Å². The van der Waals surface area contributed by atoms with Crippen LogP contribution in [0.15, 0.2) is 60.7 Å². The quantitative estimate of drug-likeness (QED) is 0.759. The molecule has 3 rings (SSSR count). The van der Waals surface area contributed by atoms with Gasteiger partial charge in [0.1, 0.15) is 11.6 Å². The van der Waals surface area contributed by atoms with Crippen molar-refractivity contribution in [3.63, 3.8) is 0 Å². The SMILES string of the molecule is NC(Cc1cc(F)cc(F)c1)c1ccc2ccccc2c1. The van der Waals surface area contributed by atoms with E-state index in [1.54, 1.807) is 0 Å². The van der Waals surface area contributed by atoms with Crippen LogP contribution in [-0.2, 0) is 6.42 Å². The Morgan fingerprint density at radius 2 is 1.48 bits per heavy atom. The molecule has 0 aliphatic heterocycles. The average molecular weight is 283 g/mol. The molecule has 1 nitrogen and oxygen atoms in total. The van der Waals surface area contributed by atoms with Crippen molar-refractivity contribution in [3.8, 4) is 0 Å². The fourth-order valence-corrected chi connectivity index (χ4v) is 2.54. The lowest BCUT2D eigenvalue weighted by atomic mass is 9.97. The minimum absolute atomic E-state index is 0.296. The van der Waals surface area contributed by atoms with Gasteiger partial charge in [-0.05, 0) is 46.5 Å². The zero-order valence-electron chi connectivity index (χ0n) is 11.4. The Balaban J connectivity index is 1.87. The van der Waals surface area contributed by atoms with Crippen LogP contribution in [0.5, 0.6) is 0 Å². The fourth-order valence-electron chi connectivity index (χ4n) is 2.54. The van der Waals surface area contributed by atoms with E-state index in [2.05, 4.69) is 0 Å². The second-order valence-corrected chi connectivity index (χ2v) is 5.19. The molecule has 21 heavy (non-hydrogen) atoms. The van der Waals surface area contributed by atoms with E-state index in [-0.39, 0.29) is 6.04 Å². The van der Waals surface area contributed by atoms with Crippen molar-refractivity contribution in [3.05, 3.63) is 83.4 Å². The van der Waals surface area contributed by atoms with Crippen molar-refractivity contribution >= 4 is 10.8 Å². The summed E-state index contributed by atoms with van der Waals surface area (Å²) in [4.78, 5) is 0. The lowest BCUT2D eigenvalue weighted by Crippen LogP contribution is -2.13. The zero-order valence-corrected chi connectivity index (χ0v) is 11.4. The minimum atomic E-state index is -0.573. The normalized spacial score (nSPS) is 12.5. The number of fused-ring (bicyclic) bond motifs is 1. The summed E-state index contributed by atoms with van der Waals surface area (Å²) in [7, 11) is 0. The number of rotatable bonds is 3. The van der Waals surface area contributed by atoms with E-state index in [0.717, 1.165) is 22.4 Å². The van der Waals surface area contributed by atoms with E-state index in [1.807, 2.05) is 42.5 Å². The van der Waals surface area contributed by atoms with Crippen LogP contribution in [0.2, 0.25) is 0 Å². The molecule has 0 spiro atoms. The van der Waals surface area contributed by atoms with Crippen molar-refractivity contribution in [1.82, 2.24) is 0 Å². The Bertz CT molecular complexity index is 763. The molecule has 0 heterocycles. The summed E-state index contributed by atoms with van der Waals surface area (Å²) in [5, 5.41) is 2.25. The smallest absolute Gasteiger partial charge is 0.126 e. The first-order valence-corrected chi connectivity index (χ1v) is 6.81. The van der Waals surface area contributed by atoms with Crippen LogP contribution in [-0.4, -0.2) is 0 Å². The predicted octanol–water partition coefficient (Wildman–Crippen LogP) is 4.36. The van der Waals surface area contributed by atoms with Gasteiger partial charge in [-0.2, -0.15) is 0 Å². The summed E-state index contributed by atoms with van der Waals surface area (Å²) in [5.74, 6) is -1.15. The molecule has 2 N–H and O–H groups in total. The first-order chi connectivity index (χ1) is 10.1. The van der Waals surface area contributed by atoms with Crippen LogP contribution in [0.4, 0.5) is 8.78 Å². The van der Waals surface area contributed by atoms with Gasteiger partial charge >= 0.3 is 0 Å². The van der Waals surface area contributed by atoms with Crippen molar-refractivity contribution in [1.29, 1.82) is 0 Å². The Kier molecular flexibility index (Phi) is 3.67. The molecular weight excluding hydrogens is 268 g/mol. The molecule has 0 fully saturated rings. The van der Waals surface area contributed by atoms with Crippen LogP contribution in [0.3, 0.4) is 0 Å². The second kappa shape index (κ2) is 5.62. The maximum atomic E-state index is 13.2. The monoisotopic (exact) mass is 283 g/mol. The first kappa shape index (κ1) is 13.7. The van der Waals surface area contributed by atoms with Crippen molar-refractivity contribution in [2.24, 2.45) is 5.73 Å². The highest BCUT2D eigenvalue weighted by Gasteiger charge is 2.10. The van der Waals surface area contributed by atoms with Crippen LogP contribution in [0.1, 0.15) is 17.2 Å². The average Bonchev–Trinajstić information content (AvgIpc) is 2.45. The third-order valence-corrected chi connectivity index (χ3v) is 3.58. The lowest BCUT2D eigenvalue weighted by Gasteiger charge is -2.13. The summed E-state index contributed by atoms with van der Waals surface area (Å²) in [6.07, 6.45) is 0.396. The third kappa shape index (κ3) is 3.09. The van der Waals surface area contributed by atoms with Gasteiger partial charge in [-0.1, -0.05) is 36.4 Å². The van der Waals surface area contributed by atoms with Crippen molar-refractivity contribution < 1.29 is 8.78 Å². The van der Waals surface area contributed by atoms with Gasteiger partial charge in [0.2, 0.25) is 0 Å². The molecule has 0 radical (unpaired) electrons. The summed E-state index contributed by atoms with van der Waals surface area (Å²) in [5.41, 5.74) is 7.69. The Hall–Kier alpha value is -2.26. The van der Waals surface area contributed by atoms with Gasteiger partial charge in [0.15, 0.2) is 0 Å². The van der Waals surface area contributed by atoms with E-state index in [1.165, 1.54) is 12.1 Å². The van der Waals surface area contributed by atoms with E-state index < -0.39 is 11.6 Å². The summed E-state index contributed by atoms with van der Waals surface area (Å²) >= 11 is 0. The van der Waals surface area contributed by atoms with E-state index >= 15 is 0 Å². The molecule has 0 saturated carbocycles. The molecule has 0 aliphatic rings. The van der Waals surface area contributed by atoms with Crippen molar-refractivity contribution in [2.75, 3.05) is 0 Å². The molecule has 3 aromatic carbocycles. The Morgan fingerprint density at radius 1 is 0.810 bits per heavy atom.